The molecule has 6 heteroatoms. The summed E-state index contributed by atoms with van der Waals surface area (Å²) in [5.74, 6) is -1.25. The Bertz CT molecular complexity index is 794. The van der Waals surface area contributed by atoms with E-state index >= 15 is 0 Å². The van der Waals surface area contributed by atoms with Crippen LogP contribution in [0.3, 0.4) is 0 Å². The number of halogens is 3. The molecule has 3 rings (SSSR count). The van der Waals surface area contributed by atoms with Crippen molar-refractivity contribution in [3.05, 3.63) is 77.5 Å². The van der Waals surface area contributed by atoms with E-state index in [4.69, 9.17) is 4.74 Å². The number of rotatable bonds is 2. The van der Waals surface area contributed by atoms with Gasteiger partial charge in [-0.2, -0.15) is 13.2 Å². The van der Waals surface area contributed by atoms with E-state index < -0.39 is 23.4 Å². The van der Waals surface area contributed by atoms with Gasteiger partial charge >= 0.3 is 12.1 Å². The third-order valence-electron chi connectivity index (χ3n) is 3.20. The number of nitrogens with zero attached hydrogens (tertiary/aromatic N) is 1. The quantitative estimate of drug-likeness (QED) is 0.621. The van der Waals surface area contributed by atoms with Crippen LogP contribution in [0.15, 0.2) is 71.4 Å². The van der Waals surface area contributed by atoms with Crippen molar-refractivity contribution in [2.45, 2.75) is 6.18 Å². The first-order valence-electron chi connectivity index (χ1n) is 6.70. The zero-order valence-corrected chi connectivity index (χ0v) is 11.7. The Morgan fingerprint density at radius 3 is 2.04 bits per heavy atom. The first-order chi connectivity index (χ1) is 11.0. The summed E-state index contributed by atoms with van der Waals surface area (Å²) < 4.78 is 45.2. The number of esters is 1. The first-order valence-corrected chi connectivity index (χ1v) is 6.70. The molecule has 2 aromatic carbocycles. The average molecular weight is 317 g/mol. The highest BCUT2D eigenvalue weighted by molar-refractivity contribution is 6.14. The number of hydrogen-bond acceptors (Lipinski definition) is 3. The second-order valence-corrected chi connectivity index (χ2v) is 4.76. The highest BCUT2D eigenvalue weighted by atomic mass is 19.4. The molecule has 0 amide bonds. The molecule has 0 radical (unpaired) electrons. The lowest BCUT2D eigenvalue weighted by atomic mass is 10.0. The maximum absolute atomic E-state index is 13.4. The third-order valence-corrected chi connectivity index (χ3v) is 3.20. The molecule has 1 heterocycles. The van der Waals surface area contributed by atoms with Crippen LogP contribution in [0.1, 0.15) is 11.1 Å². The maximum Gasteiger partial charge on any atom is 0.419 e. The van der Waals surface area contributed by atoms with Crippen LogP contribution in [0.25, 0.3) is 5.57 Å². The third kappa shape index (κ3) is 3.01. The minimum atomic E-state index is -4.73. The number of alkyl halides is 3. The average Bonchev–Trinajstić information content (AvgIpc) is 2.90. The summed E-state index contributed by atoms with van der Waals surface area (Å²) in [7, 11) is 0. The predicted octanol–water partition coefficient (Wildman–Crippen LogP) is 3.96. The smallest absolute Gasteiger partial charge is 0.402 e. The Balaban J connectivity index is 2.16. The molecule has 2 aromatic rings. The fourth-order valence-electron chi connectivity index (χ4n) is 2.21. The molecule has 0 N–H and O–H groups in total. The topological polar surface area (TPSA) is 38.7 Å². The minimum absolute atomic E-state index is 0.134. The molecule has 23 heavy (non-hydrogen) atoms. The largest absolute Gasteiger partial charge is 0.419 e. The summed E-state index contributed by atoms with van der Waals surface area (Å²) >= 11 is 0. The Morgan fingerprint density at radius 1 is 0.913 bits per heavy atom. The van der Waals surface area contributed by atoms with Gasteiger partial charge in [0.2, 0.25) is 5.90 Å². The van der Waals surface area contributed by atoms with Gasteiger partial charge in [-0.05, 0) is 17.7 Å². The fraction of sp³-hybridized carbons (Fsp3) is 0.0588. The minimum Gasteiger partial charge on any atom is -0.402 e. The number of hydrogen-bond donors (Lipinski definition) is 0. The Labute approximate surface area is 129 Å². The zero-order chi connectivity index (χ0) is 16.4. The standard InChI is InChI=1S/C17H10F3NO2/c18-17(19,20)13(11-7-3-1-4-8-11)14-16(22)23-15(21-14)12-9-5-2-6-10-12/h1-10H. The van der Waals surface area contributed by atoms with Crippen molar-refractivity contribution in [1.29, 1.82) is 0 Å². The van der Waals surface area contributed by atoms with E-state index in [9.17, 15) is 18.0 Å². The molecule has 0 spiro atoms. The summed E-state index contributed by atoms with van der Waals surface area (Å²) in [6, 6.07) is 15.4. The summed E-state index contributed by atoms with van der Waals surface area (Å²) in [6.45, 7) is 0. The number of carbonyl (C=O) groups is 1. The number of allylic oxidation sites excluding steroid dienone is 1. The van der Waals surface area contributed by atoms with Gasteiger partial charge in [0, 0.05) is 5.56 Å². The lowest BCUT2D eigenvalue weighted by Gasteiger charge is -2.12. The van der Waals surface area contributed by atoms with Crippen LogP contribution in [0.4, 0.5) is 13.2 Å². The monoisotopic (exact) mass is 317 g/mol. The summed E-state index contributed by atoms with van der Waals surface area (Å²) in [5, 5.41) is 0. The van der Waals surface area contributed by atoms with Crippen molar-refractivity contribution >= 4 is 17.4 Å². The normalized spacial score (nSPS) is 16.8. The molecule has 3 nitrogen and oxygen atoms in total. The van der Waals surface area contributed by atoms with E-state index in [0.29, 0.717) is 5.56 Å². The van der Waals surface area contributed by atoms with E-state index in [0.717, 1.165) is 0 Å². The lowest BCUT2D eigenvalue weighted by Crippen LogP contribution is -2.15. The molecule has 1 aliphatic rings. The van der Waals surface area contributed by atoms with Crippen molar-refractivity contribution in [2.75, 3.05) is 0 Å². The Kier molecular flexibility index (Phi) is 3.73. The molecule has 0 saturated carbocycles. The molecule has 0 bridgehead atoms. The van der Waals surface area contributed by atoms with Crippen LogP contribution >= 0.6 is 0 Å². The molecule has 0 atom stereocenters. The molecule has 0 aromatic heterocycles. The molecule has 0 saturated heterocycles. The molecular formula is C17H10F3NO2. The molecule has 1 aliphatic heterocycles. The molecule has 0 fully saturated rings. The van der Waals surface area contributed by atoms with Crippen LogP contribution in [0.2, 0.25) is 0 Å². The number of carbonyl (C=O) groups excluding carboxylic acids is 1. The van der Waals surface area contributed by atoms with Crippen LogP contribution in [0.5, 0.6) is 0 Å². The van der Waals surface area contributed by atoms with Gasteiger partial charge in [-0.25, -0.2) is 9.79 Å². The van der Waals surface area contributed by atoms with Crippen LogP contribution in [-0.4, -0.2) is 18.0 Å². The van der Waals surface area contributed by atoms with Gasteiger partial charge in [-0.15, -0.1) is 0 Å². The first kappa shape index (κ1) is 15.0. The van der Waals surface area contributed by atoms with E-state index in [-0.39, 0.29) is 11.5 Å². The van der Waals surface area contributed by atoms with Gasteiger partial charge < -0.3 is 4.74 Å². The van der Waals surface area contributed by atoms with Crippen molar-refractivity contribution < 1.29 is 22.7 Å². The Morgan fingerprint density at radius 2 is 1.48 bits per heavy atom. The highest BCUT2D eigenvalue weighted by Crippen LogP contribution is 2.38. The maximum atomic E-state index is 13.4. The van der Waals surface area contributed by atoms with Crippen LogP contribution in [-0.2, 0) is 9.53 Å². The highest BCUT2D eigenvalue weighted by Gasteiger charge is 2.42. The van der Waals surface area contributed by atoms with E-state index in [1.807, 2.05) is 0 Å². The second-order valence-electron chi connectivity index (χ2n) is 4.76. The number of benzene rings is 2. The SMILES string of the molecule is O=C1OC(c2ccccc2)=NC1=C(c1ccccc1)C(F)(F)F. The van der Waals surface area contributed by atoms with Crippen LogP contribution < -0.4 is 0 Å². The van der Waals surface area contributed by atoms with Crippen molar-refractivity contribution in [2.24, 2.45) is 4.99 Å². The van der Waals surface area contributed by atoms with Gasteiger partial charge in [0.15, 0.2) is 5.70 Å². The van der Waals surface area contributed by atoms with Crippen molar-refractivity contribution in [1.82, 2.24) is 0 Å². The van der Waals surface area contributed by atoms with E-state index in [1.54, 1.807) is 36.4 Å². The van der Waals surface area contributed by atoms with E-state index in [2.05, 4.69) is 4.99 Å². The summed E-state index contributed by atoms with van der Waals surface area (Å²) in [4.78, 5) is 15.7. The summed E-state index contributed by atoms with van der Waals surface area (Å²) in [6.07, 6.45) is -4.73. The predicted molar refractivity (Wildman–Crippen MR) is 78.5 cm³/mol. The van der Waals surface area contributed by atoms with Gasteiger partial charge in [0.25, 0.3) is 0 Å². The van der Waals surface area contributed by atoms with Gasteiger partial charge in [-0.1, -0.05) is 48.5 Å². The van der Waals surface area contributed by atoms with Crippen molar-refractivity contribution in [3.8, 4) is 0 Å². The molecule has 0 aliphatic carbocycles. The molecule has 116 valence electrons. The molecule has 0 unspecified atom stereocenters. The van der Waals surface area contributed by atoms with Gasteiger partial charge in [-0.3, -0.25) is 0 Å². The fourth-order valence-corrected chi connectivity index (χ4v) is 2.21. The number of cyclic esters (lactones) is 1. The Hall–Kier alpha value is -2.89. The van der Waals surface area contributed by atoms with Gasteiger partial charge in [0.1, 0.15) is 0 Å². The van der Waals surface area contributed by atoms with E-state index in [1.165, 1.54) is 24.3 Å². The second kappa shape index (κ2) is 5.72. The molecular weight excluding hydrogens is 307 g/mol. The number of ether oxygens (including phenoxy) is 1. The lowest BCUT2D eigenvalue weighted by molar-refractivity contribution is -0.130. The summed E-state index contributed by atoms with van der Waals surface area (Å²) in [5.41, 5.74) is -1.54. The van der Waals surface area contributed by atoms with Crippen molar-refractivity contribution in [3.63, 3.8) is 0 Å². The number of aliphatic imine (C=N–C) groups is 1. The van der Waals surface area contributed by atoms with Crippen LogP contribution in [0, 0.1) is 0 Å². The van der Waals surface area contributed by atoms with Gasteiger partial charge in [0.05, 0.1) is 5.57 Å². The zero-order valence-electron chi connectivity index (χ0n) is 11.7.